The number of nitrogens with zero attached hydrogens (tertiary/aromatic N) is 5. The minimum atomic E-state index is -1.48. The van der Waals surface area contributed by atoms with Gasteiger partial charge in [0.1, 0.15) is 5.75 Å². The molecule has 3 atom stereocenters. The van der Waals surface area contributed by atoms with Crippen LogP contribution >= 0.6 is 23.2 Å². The number of halogens is 2. The molecule has 2 fully saturated rings. The lowest BCUT2D eigenvalue weighted by Gasteiger charge is -2.41. The SMILES string of the molecule is CCOc1ccc(C(C)(C)C#N)cc1C1(C(=O)N2CCN(CC(=O)N(C)CCC#N)CC2)N[C@H](c2ccc(Cl)cc2)[C@H](c2ccc(Cl)cc2)N1. The third-order valence-corrected chi connectivity index (χ3v) is 10.0. The standard InChI is InChI=1S/C38H43Cl2N7O3/c1-5-50-32-16-11-28(37(2,3)25-42)23-31(32)38(36(49)47-21-19-46(20-22-47)24-33(48)45(4)18-6-17-41)43-34(26-7-12-29(39)13-8-26)35(44-38)27-9-14-30(40)15-10-27/h7-16,23,34-35,43-44H,5-6,18-22,24H2,1-4H3/t34-,35+,38?. The molecule has 3 aromatic rings. The van der Waals surface area contributed by atoms with Crippen molar-refractivity contribution in [3.8, 4) is 17.9 Å². The van der Waals surface area contributed by atoms with E-state index in [1.54, 1.807) is 11.9 Å². The van der Waals surface area contributed by atoms with E-state index >= 15 is 4.79 Å². The van der Waals surface area contributed by atoms with Gasteiger partial charge in [0.15, 0.2) is 5.66 Å². The first-order valence-electron chi connectivity index (χ1n) is 16.8. The zero-order valence-corrected chi connectivity index (χ0v) is 30.4. The summed E-state index contributed by atoms with van der Waals surface area (Å²) < 4.78 is 6.20. The minimum Gasteiger partial charge on any atom is -0.493 e. The Hall–Kier alpha value is -4.16. The molecular weight excluding hydrogens is 673 g/mol. The third kappa shape index (κ3) is 7.91. The highest BCUT2D eigenvalue weighted by atomic mass is 35.5. The van der Waals surface area contributed by atoms with Crippen molar-refractivity contribution in [2.45, 2.75) is 50.4 Å². The van der Waals surface area contributed by atoms with Gasteiger partial charge in [0.25, 0.3) is 5.91 Å². The monoisotopic (exact) mass is 715 g/mol. The van der Waals surface area contributed by atoms with Crippen LogP contribution in [0.15, 0.2) is 66.7 Å². The molecule has 3 aromatic carbocycles. The predicted molar refractivity (Wildman–Crippen MR) is 193 cm³/mol. The number of ether oxygens (including phenoxy) is 1. The van der Waals surface area contributed by atoms with Crippen LogP contribution in [0, 0.1) is 22.7 Å². The molecule has 2 aliphatic heterocycles. The zero-order chi connectivity index (χ0) is 36.1. The first-order valence-corrected chi connectivity index (χ1v) is 17.6. The number of likely N-dealkylation sites (N-methyl/N-ethyl adjacent to an activating group) is 1. The molecule has 262 valence electrons. The number of rotatable bonds is 11. The van der Waals surface area contributed by atoms with E-state index in [2.05, 4.69) is 22.8 Å². The van der Waals surface area contributed by atoms with Crippen LogP contribution < -0.4 is 15.4 Å². The Labute approximate surface area is 304 Å². The molecule has 2 saturated heterocycles. The summed E-state index contributed by atoms with van der Waals surface area (Å²) in [6.45, 7) is 8.34. The van der Waals surface area contributed by atoms with Crippen LogP contribution in [0.2, 0.25) is 10.0 Å². The topological polar surface area (TPSA) is 125 Å². The van der Waals surface area contributed by atoms with E-state index < -0.39 is 11.1 Å². The molecule has 0 saturated carbocycles. The zero-order valence-electron chi connectivity index (χ0n) is 28.9. The van der Waals surface area contributed by atoms with Crippen LogP contribution in [-0.4, -0.2) is 79.4 Å². The normalized spacial score (nSPS) is 20.9. The van der Waals surface area contributed by atoms with E-state index in [9.17, 15) is 10.1 Å². The molecule has 10 nitrogen and oxygen atoms in total. The summed E-state index contributed by atoms with van der Waals surface area (Å²) in [5, 5.41) is 27.7. The van der Waals surface area contributed by atoms with E-state index in [1.807, 2.05) is 97.3 Å². The van der Waals surface area contributed by atoms with Gasteiger partial charge >= 0.3 is 0 Å². The smallest absolute Gasteiger partial charge is 0.262 e. The van der Waals surface area contributed by atoms with Crippen molar-refractivity contribution in [2.24, 2.45) is 0 Å². The quantitative estimate of drug-likeness (QED) is 0.265. The van der Waals surface area contributed by atoms with Crippen molar-refractivity contribution in [1.29, 1.82) is 10.5 Å². The summed E-state index contributed by atoms with van der Waals surface area (Å²) in [4.78, 5) is 33.5. The van der Waals surface area contributed by atoms with Crippen molar-refractivity contribution < 1.29 is 14.3 Å². The third-order valence-electron chi connectivity index (χ3n) is 9.54. The summed E-state index contributed by atoms with van der Waals surface area (Å²) in [5.74, 6) is 0.262. The summed E-state index contributed by atoms with van der Waals surface area (Å²) in [6.07, 6.45) is 0.275. The molecule has 2 aliphatic rings. The van der Waals surface area contributed by atoms with Gasteiger partial charge in [-0.2, -0.15) is 10.5 Å². The molecule has 2 N–H and O–H groups in total. The Morgan fingerprint density at radius 3 is 2.00 bits per heavy atom. The fourth-order valence-corrected chi connectivity index (χ4v) is 6.77. The van der Waals surface area contributed by atoms with E-state index in [4.69, 9.17) is 33.2 Å². The molecule has 0 bridgehead atoms. The molecule has 50 heavy (non-hydrogen) atoms. The number of carbonyl (C=O) groups excluding carboxylic acids is 2. The van der Waals surface area contributed by atoms with Gasteiger partial charge in [-0.25, -0.2) is 0 Å². The number of piperazine rings is 1. The summed E-state index contributed by atoms with van der Waals surface area (Å²) in [6, 6.07) is 24.5. The first-order chi connectivity index (χ1) is 23.9. The first kappa shape index (κ1) is 37.1. The predicted octanol–water partition coefficient (Wildman–Crippen LogP) is 5.54. The highest BCUT2D eigenvalue weighted by molar-refractivity contribution is 6.30. The van der Waals surface area contributed by atoms with Crippen molar-refractivity contribution in [3.63, 3.8) is 0 Å². The molecule has 0 aliphatic carbocycles. The molecular formula is C38H43Cl2N7O3. The van der Waals surface area contributed by atoms with Crippen molar-refractivity contribution in [1.82, 2.24) is 25.3 Å². The Bertz CT molecular complexity index is 1710. The fourth-order valence-electron chi connectivity index (χ4n) is 6.52. The van der Waals surface area contributed by atoms with Crippen LogP contribution in [0.4, 0.5) is 0 Å². The van der Waals surface area contributed by atoms with Gasteiger partial charge in [-0.1, -0.05) is 53.5 Å². The number of nitriles is 2. The number of hydrogen-bond donors (Lipinski definition) is 2. The largest absolute Gasteiger partial charge is 0.493 e. The Balaban J connectivity index is 1.58. The maximum atomic E-state index is 15.2. The second-order valence-corrected chi connectivity index (χ2v) is 14.1. The van der Waals surface area contributed by atoms with Gasteiger partial charge in [-0.15, -0.1) is 0 Å². The highest BCUT2D eigenvalue weighted by Gasteiger charge is 2.55. The molecule has 2 heterocycles. The average molecular weight is 717 g/mol. The van der Waals surface area contributed by atoms with Crippen LogP contribution in [0.1, 0.15) is 61.5 Å². The number of nitrogens with one attached hydrogen (secondary N) is 2. The molecule has 0 spiro atoms. The number of amides is 2. The molecule has 0 aromatic heterocycles. The summed E-state index contributed by atoms with van der Waals surface area (Å²) >= 11 is 12.6. The minimum absolute atomic E-state index is 0.0643. The second kappa shape index (κ2) is 15.8. The van der Waals surface area contributed by atoms with Gasteiger partial charge in [0.2, 0.25) is 5.91 Å². The van der Waals surface area contributed by atoms with E-state index in [0.29, 0.717) is 60.7 Å². The van der Waals surface area contributed by atoms with E-state index in [0.717, 1.165) is 16.7 Å². The average Bonchev–Trinajstić information content (AvgIpc) is 3.53. The van der Waals surface area contributed by atoms with E-state index in [1.165, 1.54) is 0 Å². The Kier molecular flexibility index (Phi) is 11.7. The van der Waals surface area contributed by atoms with Crippen molar-refractivity contribution in [3.05, 3.63) is 99.0 Å². The molecule has 12 heteroatoms. The lowest BCUT2D eigenvalue weighted by molar-refractivity contribution is -0.142. The number of hydrogen-bond acceptors (Lipinski definition) is 8. The molecule has 2 amide bonds. The van der Waals surface area contributed by atoms with Gasteiger partial charge in [0, 0.05) is 55.4 Å². The number of carbonyl (C=O) groups is 2. The molecule has 0 radical (unpaired) electrons. The Morgan fingerprint density at radius 2 is 1.50 bits per heavy atom. The van der Waals surface area contributed by atoms with Crippen LogP contribution in [0.25, 0.3) is 0 Å². The van der Waals surface area contributed by atoms with Gasteiger partial charge in [-0.3, -0.25) is 25.1 Å². The lowest BCUT2D eigenvalue weighted by Crippen LogP contribution is -2.62. The second-order valence-electron chi connectivity index (χ2n) is 13.3. The summed E-state index contributed by atoms with van der Waals surface area (Å²) in [7, 11) is 1.70. The van der Waals surface area contributed by atoms with Crippen molar-refractivity contribution >= 4 is 35.0 Å². The van der Waals surface area contributed by atoms with Crippen molar-refractivity contribution in [2.75, 3.05) is 52.9 Å². The maximum absolute atomic E-state index is 15.2. The highest BCUT2D eigenvalue weighted by Crippen LogP contribution is 2.45. The lowest BCUT2D eigenvalue weighted by atomic mass is 9.83. The molecule has 1 unspecified atom stereocenters. The fraction of sp³-hybridized carbons (Fsp3) is 0.421. The summed E-state index contributed by atoms with van der Waals surface area (Å²) in [5.41, 5.74) is 0.856. The van der Waals surface area contributed by atoms with Crippen LogP contribution in [0.5, 0.6) is 5.75 Å². The van der Waals surface area contributed by atoms with Gasteiger partial charge in [-0.05, 0) is 73.9 Å². The van der Waals surface area contributed by atoms with Crippen LogP contribution in [0.3, 0.4) is 0 Å². The molecule has 5 rings (SSSR count). The van der Waals surface area contributed by atoms with Gasteiger partial charge < -0.3 is 14.5 Å². The van der Waals surface area contributed by atoms with E-state index in [-0.39, 0.29) is 36.9 Å². The van der Waals surface area contributed by atoms with Gasteiger partial charge in [0.05, 0.1) is 49.2 Å². The maximum Gasteiger partial charge on any atom is 0.262 e. The Morgan fingerprint density at radius 1 is 0.940 bits per heavy atom. The number of benzene rings is 3. The van der Waals surface area contributed by atoms with Crippen LogP contribution in [-0.2, 0) is 20.7 Å².